The van der Waals surface area contributed by atoms with Gasteiger partial charge in [0.25, 0.3) is 0 Å². The van der Waals surface area contributed by atoms with Crippen molar-refractivity contribution < 1.29 is 28.3 Å². The molecule has 0 saturated heterocycles. The Kier molecular flexibility index (Phi) is 3.74. The van der Waals surface area contributed by atoms with Crippen molar-refractivity contribution in [1.82, 2.24) is 4.98 Å². The third-order valence-electron chi connectivity index (χ3n) is 2.36. The first-order valence-electron chi connectivity index (χ1n) is 5.38. The minimum absolute atomic E-state index is 0.206. The van der Waals surface area contributed by atoms with Crippen molar-refractivity contribution in [3.05, 3.63) is 57.9 Å². The number of carboxylic acid groups (broad SMARTS) is 1. The van der Waals surface area contributed by atoms with E-state index in [4.69, 9.17) is 9.84 Å². The van der Waals surface area contributed by atoms with Gasteiger partial charge in [-0.2, -0.15) is 4.39 Å². The topological polar surface area (TPSA) is 103 Å². The molecule has 0 aliphatic carbocycles. The van der Waals surface area contributed by atoms with E-state index in [9.17, 15) is 23.7 Å². The fourth-order valence-corrected chi connectivity index (χ4v) is 1.52. The lowest BCUT2D eigenvalue weighted by Gasteiger charge is -2.07. The lowest BCUT2D eigenvalue weighted by molar-refractivity contribution is -0.388. The molecule has 7 nitrogen and oxygen atoms in total. The largest absolute Gasteiger partial charge is 0.478 e. The maximum Gasteiger partial charge on any atom is 0.347 e. The van der Waals surface area contributed by atoms with Crippen LogP contribution >= 0.6 is 0 Å². The van der Waals surface area contributed by atoms with Gasteiger partial charge in [-0.05, 0) is 6.07 Å². The maximum atomic E-state index is 13.4. The van der Waals surface area contributed by atoms with Gasteiger partial charge in [0.1, 0.15) is 11.6 Å². The number of hydrogen-bond donors (Lipinski definition) is 1. The van der Waals surface area contributed by atoms with Gasteiger partial charge in [0.15, 0.2) is 0 Å². The molecule has 1 N–H and O–H groups in total. The summed E-state index contributed by atoms with van der Waals surface area (Å²) in [6.07, 6.45) is 2.08. The highest BCUT2D eigenvalue weighted by atomic mass is 19.1. The number of aromatic carboxylic acids is 1. The van der Waals surface area contributed by atoms with E-state index >= 15 is 0 Å². The molecule has 1 aromatic heterocycles. The molecule has 0 bridgehead atoms. The molecule has 0 radical (unpaired) electrons. The maximum absolute atomic E-state index is 13.4. The monoisotopic (exact) mass is 296 g/mol. The van der Waals surface area contributed by atoms with E-state index in [0.29, 0.717) is 12.1 Å². The third-order valence-corrected chi connectivity index (χ3v) is 2.36. The van der Waals surface area contributed by atoms with Gasteiger partial charge in [0.05, 0.1) is 16.7 Å². The lowest BCUT2D eigenvalue weighted by Crippen LogP contribution is -2.00. The molecule has 108 valence electrons. The van der Waals surface area contributed by atoms with Gasteiger partial charge in [-0.15, -0.1) is 0 Å². The van der Waals surface area contributed by atoms with Crippen molar-refractivity contribution >= 4 is 11.7 Å². The van der Waals surface area contributed by atoms with Crippen molar-refractivity contribution in [3.8, 4) is 11.5 Å². The Morgan fingerprint density at radius 2 is 2.00 bits per heavy atom. The van der Waals surface area contributed by atoms with Crippen LogP contribution in [0.2, 0.25) is 0 Å². The average Bonchev–Trinajstić information content (AvgIpc) is 2.37. The van der Waals surface area contributed by atoms with Crippen molar-refractivity contribution in [2.45, 2.75) is 0 Å². The van der Waals surface area contributed by atoms with Crippen LogP contribution in [-0.2, 0) is 0 Å². The SMILES string of the molecule is O=C(O)c1cncc(Oc2cc(F)cc(F)c2[N+](=O)[O-])c1. The molecule has 0 unspecified atom stereocenters. The molecule has 1 heterocycles. The molecule has 0 aliphatic rings. The minimum Gasteiger partial charge on any atom is -0.478 e. The molecule has 0 atom stereocenters. The van der Waals surface area contributed by atoms with Gasteiger partial charge in [0, 0.05) is 18.3 Å². The van der Waals surface area contributed by atoms with Crippen molar-refractivity contribution in [2.24, 2.45) is 0 Å². The Morgan fingerprint density at radius 3 is 2.62 bits per heavy atom. The molecule has 21 heavy (non-hydrogen) atoms. The van der Waals surface area contributed by atoms with Crippen LogP contribution < -0.4 is 4.74 Å². The number of nitro benzene ring substituents is 1. The van der Waals surface area contributed by atoms with Crippen LogP contribution in [0.15, 0.2) is 30.6 Å². The highest BCUT2D eigenvalue weighted by Gasteiger charge is 2.24. The predicted octanol–water partition coefficient (Wildman–Crippen LogP) is 2.76. The van der Waals surface area contributed by atoms with E-state index in [1.54, 1.807) is 0 Å². The Labute approximate surface area is 115 Å². The molecule has 0 aliphatic heterocycles. The zero-order chi connectivity index (χ0) is 15.6. The summed E-state index contributed by atoms with van der Waals surface area (Å²) >= 11 is 0. The molecular formula is C12H6F2N2O5. The van der Waals surface area contributed by atoms with E-state index in [-0.39, 0.29) is 11.3 Å². The van der Waals surface area contributed by atoms with E-state index in [0.717, 1.165) is 18.5 Å². The van der Waals surface area contributed by atoms with Gasteiger partial charge in [-0.3, -0.25) is 15.1 Å². The Balaban J connectivity index is 2.46. The number of aromatic nitrogens is 1. The van der Waals surface area contributed by atoms with E-state index < -0.39 is 34.0 Å². The summed E-state index contributed by atoms with van der Waals surface area (Å²) in [5, 5.41) is 19.6. The smallest absolute Gasteiger partial charge is 0.347 e. The summed E-state index contributed by atoms with van der Waals surface area (Å²) in [7, 11) is 0. The Morgan fingerprint density at radius 1 is 1.29 bits per heavy atom. The molecule has 0 fully saturated rings. The molecule has 0 saturated carbocycles. The van der Waals surface area contributed by atoms with Crippen LogP contribution in [0.1, 0.15) is 10.4 Å². The molecule has 2 aromatic rings. The predicted molar refractivity (Wildman–Crippen MR) is 64.3 cm³/mol. The highest BCUT2D eigenvalue weighted by Crippen LogP contribution is 2.34. The number of benzene rings is 1. The normalized spacial score (nSPS) is 10.2. The first kappa shape index (κ1) is 14.3. The second-order valence-electron chi connectivity index (χ2n) is 3.81. The molecule has 9 heteroatoms. The average molecular weight is 296 g/mol. The second kappa shape index (κ2) is 5.49. The van der Waals surface area contributed by atoms with Gasteiger partial charge >= 0.3 is 11.7 Å². The summed E-state index contributed by atoms with van der Waals surface area (Å²) in [6, 6.07) is 1.98. The number of pyridine rings is 1. The van der Waals surface area contributed by atoms with E-state index in [1.165, 1.54) is 0 Å². The summed E-state index contributed by atoms with van der Waals surface area (Å²) in [5.74, 6) is -4.68. The number of rotatable bonds is 4. The summed E-state index contributed by atoms with van der Waals surface area (Å²) in [6.45, 7) is 0. The van der Waals surface area contributed by atoms with Crippen LogP contribution in [0.3, 0.4) is 0 Å². The quantitative estimate of drug-likeness (QED) is 0.687. The number of nitrogens with zero attached hydrogens (tertiary/aromatic N) is 2. The summed E-state index contributed by atoms with van der Waals surface area (Å²) in [5.41, 5.74) is -1.30. The fraction of sp³-hybridized carbons (Fsp3) is 0. The van der Waals surface area contributed by atoms with Gasteiger partial charge < -0.3 is 9.84 Å². The second-order valence-corrected chi connectivity index (χ2v) is 3.81. The molecular weight excluding hydrogens is 290 g/mol. The zero-order valence-electron chi connectivity index (χ0n) is 10.1. The number of halogens is 2. The standard InChI is InChI=1S/C12H6F2N2O5/c13-7-2-9(14)11(16(19)20)10(3-7)21-8-1-6(12(17)18)4-15-5-8/h1-5H,(H,17,18). The van der Waals surface area contributed by atoms with Crippen LogP contribution in [0, 0.1) is 21.7 Å². The molecule has 0 amide bonds. The molecule has 2 rings (SSSR count). The number of hydrogen-bond acceptors (Lipinski definition) is 5. The summed E-state index contributed by atoms with van der Waals surface area (Å²) in [4.78, 5) is 24.0. The van der Waals surface area contributed by atoms with Crippen molar-refractivity contribution in [1.29, 1.82) is 0 Å². The molecule has 1 aromatic carbocycles. The Hall–Kier alpha value is -3.10. The van der Waals surface area contributed by atoms with Crippen molar-refractivity contribution in [2.75, 3.05) is 0 Å². The van der Waals surface area contributed by atoms with Gasteiger partial charge in [-0.25, -0.2) is 9.18 Å². The number of carboxylic acids is 1. The first-order chi connectivity index (χ1) is 9.88. The lowest BCUT2D eigenvalue weighted by atomic mass is 10.2. The van der Waals surface area contributed by atoms with Crippen molar-refractivity contribution in [3.63, 3.8) is 0 Å². The Bertz CT molecular complexity index is 736. The van der Waals surface area contributed by atoms with Crippen LogP contribution in [-0.4, -0.2) is 21.0 Å². The van der Waals surface area contributed by atoms with Gasteiger partial charge in [0.2, 0.25) is 11.6 Å². The van der Waals surface area contributed by atoms with Crippen LogP contribution in [0.4, 0.5) is 14.5 Å². The van der Waals surface area contributed by atoms with E-state index in [2.05, 4.69) is 4.98 Å². The molecule has 0 spiro atoms. The van der Waals surface area contributed by atoms with E-state index in [1.807, 2.05) is 0 Å². The fourth-order valence-electron chi connectivity index (χ4n) is 1.52. The van der Waals surface area contributed by atoms with Crippen LogP contribution in [0.25, 0.3) is 0 Å². The minimum atomic E-state index is -1.41. The number of ether oxygens (including phenoxy) is 1. The highest BCUT2D eigenvalue weighted by molar-refractivity contribution is 5.87. The number of carbonyl (C=O) groups is 1. The number of nitro groups is 1. The first-order valence-corrected chi connectivity index (χ1v) is 5.38. The summed E-state index contributed by atoms with van der Waals surface area (Å²) < 4.78 is 31.5. The zero-order valence-corrected chi connectivity index (χ0v) is 10.1. The third kappa shape index (κ3) is 3.08. The van der Waals surface area contributed by atoms with Gasteiger partial charge in [-0.1, -0.05) is 0 Å². The van der Waals surface area contributed by atoms with Crippen LogP contribution in [0.5, 0.6) is 11.5 Å².